The van der Waals surface area contributed by atoms with E-state index in [4.69, 9.17) is 5.11 Å². The molecule has 8 heteroatoms. The summed E-state index contributed by atoms with van der Waals surface area (Å²) in [7, 11) is 0. The Morgan fingerprint density at radius 3 is 2.67 bits per heavy atom. The van der Waals surface area contributed by atoms with E-state index < -0.39 is 5.97 Å². The quantitative estimate of drug-likeness (QED) is 0.874. The number of urea groups is 1. The summed E-state index contributed by atoms with van der Waals surface area (Å²) >= 11 is 1.46. The third-order valence-corrected chi connectivity index (χ3v) is 4.53. The van der Waals surface area contributed by atoms with Crippen LogP contribution in [0.2, 0.25) is 0 Å². The van der Waals surface area contributed by atoms with E-state index in [2.05, 4.69) is 10.3 Å². The average molecular weight is 310 g/mol. The lowest BCUT2D eigenvalue weighted by atomic mass is 10.3. The third-order valence-electron chi connectivity index (χ3n) is 3.75. The second-order valence-corrected chi connectivity index (χ2v) is 6.30. The van der Waals surface area contributed by atoms with E-state index >= 15 is 0 Å². The van der Waals surface area contributed by atoms with Crippen molar-refractivity contribution in [1.82, 2.24) is 14.8 Å². The largest absolute Gasteiger partial charge is 0.480 e. The summed E-state index contributed by atoms with van der Waals surface area (Å²) in [6, 6.07) is -0.151. The molecule has 3 rings (SSSR count). The number of hydrogen-bond acceptors (Lipinski definition) is 5. The minimum absolute atomic E-state index is 0.0344. The molecule has 0 aromatic carbocycles. The van der Waals surface area contributed by atoms with Crippen molar-refractivity contribution in [2.45, 2.75) is 18.8 Å². The summed E-state index contributed by atoms with van der Waals surface area (Å²) in [5.74, 6) is -0.241. The molecule has 114 valence electrons. The Balaban J connectivity index is 1.48. The van der Waals surface area contributed by atoms with Crippen molar-refractivity contribution >= 4 is 28.5 Å². The predicted octanol–water partition coefficient (Wildman–Crippen LogP) is 1.25. The molecule has 1 aliphatic carbocycles. The van der Waals surface area contributed by atoms with Gasteiger partial charge >= 0.3 is 12.0 Å². The second-order valence-electron chi connectivity index (χ2n) is 5.44. The molecule has 0 bridgehead atoms. The number of piperazine rings is 1. The highest BCUT2D eigenvalue weighted by molar-refractivity contribution is 7.13. The van der Waals surface area contributed by atoms with Crippen LogP contribution in [0.15, 0.2) is 5.38 Å². The molecule has 2 fully saturated rings. The molecule has 1 aromatic heterocycles. The van der Waals surface area contributed by atoms with Crippen LogP contribution in [0.5, 0.6) is 0 Å². The number of aromatic nitrogens is 1. The lowest BCUT2D eigenvalue weighted by Gasteiger charge is -2.33. The Labute approximate surface area is 126 Å². The number of amides is 2. The molecular weight excluding hydrogens is 292 g/mol. The van der Waals surface area contributed by atoms with Gasteiger partial charge in [-0.25, -0.2) is 9.78 Å². The lowest BCUT2D eigenvalue weighted by molar-refractivity contribution is -0.138. The van der Waals surface area contributed by atoms with Gasteiger partial charge in [-0.05, 0) is 12.8 Å². The Morgan fingerprint density at radius 1 is 1.33 bits per heavy atom. The standard InChI is InChI=1S/C13H18N4O3S/c18-11(19)7-16-3-5-17(6-4-16)13(20)15-12-14-10(8-21-12)9-1-2-9/h8-9H,1-7H2,(H,18,19)(H,14,15,20). The van der Waals surface area contributed by atoms with E-state index in [-0.39, 0.29) is 12.6 Å². The molecule has 1 saturated heterocycles. The van der Waals surface area contributed by atoms with Crippen molar-refractivity contribution in [2.75, 3.05) is 38.0 Å². The molecule has 21 heavy (non-hydrogen) atoms. The fourth-order valence-electron chi connectivity index (χ4n) is 2.38. The van der Waals surface area contributed by atoms with Gasteiger partial charge in [-0.15, -0.1) is 11.3 Å². The van der Waals surface area contributed by atoms with Crippen LogP contribution in [0.4, 0.5) is 9.93 Å². The summed E-state index contributed by atoms with van der Waals surface area (Å²) in [5.41, 5.74) is 1.08. The normalized spacial score (nSPS) is 19.5. The van der Waals surface area contributed by atoms with Crippen LogP contribution in [0.25, 0.3) is 0 Å². The van der Waals surface area contributed by atoms with Gasteiger partial charge in [0.05, 0.1) is 12.2 Å². The van der Waals surface area contributed by atoms with Crippen LogP contribution >= 0.6 is 11.3 Å². The fraction of sp³-hybridized carbons (Fsp3) is 0.615. The first-order chi connectivity index (χ1) is 10.1. The zero-order chi connectivity index (χ0) is 14.8. The molecule has 0 spiro atoms. The second kappa shape index (κ2) is 5.98. The Hall–Kier alpha value is -1.67. The molecule has 2 heterocycles. The summed E-state index contributed by atoms with van der Waals surface area (Å²) in [6.07, 6.45) is 2.39. The smallest absolute Gasteiger partial charge is 0.323 e. The van der Waals surface area contributed by atoms with Gasteiger partial charge in [0, 0.05) is 37.5 Å². The van der Waals surface area contributed by atoms with Crippen LogP contribution in [-0.2, 0) is 4.79 Å². The molecule has 0 radical (unpaired) electrons. The highest BCUT2D eigenvalue weighted by atomic mass is 32.1. The maximum Gasteiger partial charge on any atom is 0.323 e. The minimum atomic E-state index is -0.830. The van der Waals surface area contributed by atoms with E-state index in [0.717, 1.165) is 5.69 Å². The minimum Gasteiger partial charge on any atom is -0.480 e. The Morgan fingerprint density at radius 2 is 2.05 bits per heavy atom. The average Bonchev–Trinajstić information content (AvgIpc) is 3.20. The number of carbonyl (C=O) groups excluding carboxylic acids is 1. The summed E-state index contributed by atoms with van der Waals surface area (Å²) in [4.78, 5) is 30.8. The molecule has 7 nitrogen and oxygen atoms in total. The zero-order valence-electron chi connectivity index (χ0n) is 11.6. The van der Waals surface area contributed by atoms with Gasteiger partial charge in [-0.3, -0.25) is 15.0 Å². The number of anilines is 1. The molecular formula is C13H18N4O3S. The van der Waals surface area contributed by atoms with Gasteiger partial charge in [0.2, 0.25) is 0 Å². The van der Waals surface area contributed by atoms with Crippen LogP contribution in [0.3, 0.4) is 0 Å². The topological polar surface area (TPSA) is 85.8 Å². The third kappa shape index (κ3) is 3.70. The first-order valence-corrected chi connectivity index (χ1v) is 7.95. The number of carboxylic acids is 1. The molecule has 2 N–H and O–H groups in total. The number of carboxylic acid groups (broad SMARTS) is 1. The van der Waals surface area contributed by atoms with Crippen LogP contribution < -0.4 is 5.32 Å². The predicted molar refractivity (Wildman–Crippen MR) is 78.8 cm³/mol. The van der Waals surface area contributed by atoms with E-state index in [1.807, 2.05) is 10.3 Å². The Bertz CT molecular complexity index is 535. The van der Waals surface area contributed by atoms with Gasteiger partial charge in [0.25, 0.3) is 0 Å². The van der Waals surface area contributed by atoms with Gasteiger partial charge in [-0.1, -0.05) is 0 Å². The molecule has 1 saturated carbocycles. The van der Waals surface area contributed by atoms with Crippen molar-refractivity contribution < 1.29 is 14.7 Å². The van der Waals surface area contributed by atoms with Crippen molar-refractivity contribution in [2.24, 2.45) is 0 Å². The SMILES string of the molecule is O=C(O)CN1CCN(C(=O)Nc2nc(C3CC3)cs2)CC1. The number of hydrogen-bond donors (Lipinski definition) is 2. The van der Waals surface area contributed by atoms with E-state index in [0.29, 0.717) is 37.2 Å². The zero-order valence-corrected chi connectivity index (χ0v) is 12.4. The molecule has 2 aliphatic rings. The molecule has 1 aromatic rings. The maximum absolute atomic E-state index is 12.1. The highest BCUT2D eigenvalue weighted by Crippen LogP contribution is 2.40. The number of carbonyl (C=O) groups is 2. The number of nitrogens with zero attached hydrogens (tertiary/aromatic N) is 3. The summed E-state index contributed by atoms with van der Waals surface area (Å²) in [5, 5.41) is 14.2. The Kier molecular flexibility index (Phi) is 4.07. The van der Waals surface area contributed by atoms with Crippen LogP contribution in [0, 0.1) is 0 Å². The van der Waals surface area contributed by atoms with Crippen molar-refractivity contribution in [1.29, 1.82) is 0 Å². The lowest BCUT2D eigenvalue weighted by Crippen LogP contribution is -2.51. The van der Waals surface area contributed by atoms with Crippen LogP contribution in [0.1, 0.15) is 24.5 Å². The van der Waals surface area contributed by atoms with Crippen LogP contribution in [-0.4, -0.2) is 64.6 Å². The van der Waals surface area contributed by atoms with Crippen molar-refractivity contribution in [3.05, 3.63) is 11.1 Å². The monoisotopic (exact) mass is 310 g/mol. The van der Waals surface area contributed by atoms with Gasteiger partial charge in [-0.2, -0.15) is 0 Å². The highest BCUT2D eigenvalue weighted by Gasteiger charge is 2.27. The van der Waals surface area contributed by atoms with E-state index in [9.17, 15) is 9.59 Å². The maximum atomic E-state index is 12.1. The fourth-order valence-corrected chi connectivity index (χ4v) is 3.16. The number of nitrogens with one attached hydrogen (secondary N) is 1. The first-order valence-electron chi connectivity index (χ1n) is 7.07. The van der Waals surface area contributed by atoms with E-state index in [1.165, 1.54) is 24.2 Å². The van der Waals surface area contributed by atoms with Gasteiger partial charge in [0.1, 0.15) is 0 Å². The number of rotatable bonds is 4. The summed E-state index contributed by atoms with van der Waals surface area (Å²) < 4.78 is 0. The number of thiazole rings is 1. The van der Waals surface area contributed by atoms with Gasteiger partial charge < -0.3 is 10.0 Å². The molecule has 0 atom stereocenters. The summed E-state index contributed by atoms with van der Waals surface area (Å²) in [6.45, 7) is 2.29. The van der Waals surface area contributed by atoms with Gasteiger partial charge in [0.15, 0.2) is 5.13 Å². The molecule has 1 aliphatic heterocycles. The van der Waals surface area contributed by atoms with Crippen molar-refractivity contribution in [3.63, 3.8) is 0 Å². The van der Waals surface area contributed by atoms with E-state index in [1.54, 1.807) is 4.90 Å². The first kappa shape index (κ1) is 14.3. The molecule has 2 amide bonds. The van der Waals surface area contributed by atoms with Crippen molar-refractivity contribution in [3.8, 4) is 0 Å². The number of aliphatic carboxylic acids is 1. The molecule has 0 unspecified atom stereocenters.